The van der Waals surface area contributed by atoms with Crippen molar-refractivity contribution in [3.8, 4) is 0 Å². The molecule has 0 saturated carbocycles. The van der Waals surface area contributed by atoms with Crippen LogP contribution < -0.4 is 0 Å². The van der Waals surface area contributed by atoms with Gasteiger partial charge >= 0.3 is 6.43 Å². The number of carbonyl (C=O) groups excluding carboxylic acids is 1. The molecule has 76 valence electrons. The average Bonchev–Trinajstić information content (AvgIpc) is 2.17. The summed E-state index contributed by atoms with van der Waals surface area (Å²) in [5.74, 6) is -1.06. The molecule has 0 atom stereocenters. The van der Waals surface area contributed by atoms with Gasteiger partial charge in [0, 0.05) is 20.2 Å². The molecular weight excluding hydrogens is 180 g/mol. The Morgan fingerprint density at radius 2 is 2.00 bits per heavy atom. The summed E-state index contributed by atoms with van der Waals surface area (Å²) < 4.78 is 29.0. The molecule has 1 aliphatic heterocycles. The third kappa shape index (κ3) is 2.62. The number of hydrogen-bond acceptors (Lipinski definition) is 2. The third-order valence-corrected chi connectivity index (χ3v) is 2.27. The monoisotopic (exact) mass is 193 g/mol. The smallest absolute Gasteiger partial charge is 0.315 e. The summed E-state index contributed by atoms with van der Waals surface area (Å²) in [7, 11) is 1.59. The second-order valence-electron chi connectivity index (χ2n) is 3.06. The van der Waals surface area contributed by atoms with E-state index in [1.807, 2.05) is 0 Å². The van der Waals surface area contributed by atoms with Gasteiger partial charge in [0.2, 0.25) is 0 Å². The summed E-state index contributed by atoms with van der Waals surface area (Å²) in [6.07, 6.45) is -1.47. The Balaban J connectivity index is 2.36. The lowest BCUT2D eigenvalue weighted by Crippen LogP contribution is -2.43. The average molecular weight is 193 g/mol. The van der Waals surface area contributed by atoms with E-state index in [1.54, 1.807) is 7.11 Å². The van der Waals surface area contributed by atoms with Gasteiger partial charge in [-0.1, -0.05) is 0 Å². The summed E-state index contributed by atoms with van der Waals surface area (Å²) in [5.41, 5.74) is 0. The van der Waals surface area contributed by atoms with Crippen molar-refractivity contribution in [2.45, 2.75) is 25.4 Å². The van der Waals surface area contributed by atoms with Crippen LogP contribution in [0.3, 0.4) is 0 Å². The van der Waals surface area contributed by atoms with E-state index < -0.39 is 12.3 Å². The Morgan fingerprint density at radius 3 is 2.38 bits per heavy atom. The van der Waals surface area contributed by atoms with Gasteiger partial charge in [-0.15, -0.1) is 0 Å². The van der Waals surface area contributed by atoms with Crippen LogP contribution in [0.1, 0.15) is 12.8 Å². The van der Waals surface area contributed by atoms with E-state index >= 15 is 0 Å². The molecule has 0 aromatic carbocycles. The largest absolute Gasteiger partial charge is 0.381 e. The van der Waals surface area contributed by atoms with Crippen molar-refractivity contribution in [3.63, 3.8) is 0 Å². The van der Waals surface area contributed by atoms with Gasteiger partial charge in [0.1, 0.15) is 0 Å². The first kappa shape index (κ1) is 10.4. The van der Waals surface area contributed by atoms with Crippen molar-refractivity contribution in [2.75, 3.05) is 20.2 Å². The number of alkyl halides is 2. The minimum Gasteiger partial charge on any atom is -0.381 e. The summed E-state index contributed by atoms with van der Waals surface area (Å²) >= 11 is 0. The van der Waals surface area contributed by atoms with Gasteiger partial charge in [-0.05, 0) is 12.8 Å². The highest BCUT2D eigenvalue weighted by Gasteiger charge is 2.27. The number of likely N-dealkylation sites (tertiary alicyclic amines) is 1. The number of nitrogens with zero attached hydrogens (tertiary/aromatic N) is 1. The summed E-state index contributed by atoms with van der Waals surface area (Å²) in [6.45, 7) is 0.753. The Hall–Kier alpha value is -0.710. The normalized spacial score (nSPS) is 19.5. The molecule has 0 N–H and O–H groups in total. The number of carbonyl (C=O) groups is 1. The topological polar surface area (TPSA) is 29.5 Å². The molecule has 1 aliphatic rings. The van der Waals surface area contributed by atoms with E-state index in [0.29, 0.717) is 25.9 Å². The predicted octanol–water partition coefficient (Wildman–Crippen LogP) is 0.889. The fourth-order valence-electron chi connectivity index (χ4n) is 1.45. The summed E-state index contributed by atoms with van der Waals surface area (Å²) in [5, 5.41) is 0. The predicted molar refractivity (Wildman–Crippen MR) is 42.6 cm³/mol. The molecule has 13 heavy (non-hydrogen) atoms. The van der Waals surface area contributed by atoms with Crippen LogP contribution >= 0.6 is 0 Å². The molecule has 1 rings (SSSR count). The SMILES string of the molecule is COC1CCN(C(=O)C(F)F)CC1. The zero-order valence-electron chi connectivity index (χ0n) is 7.50. The molecule has 0 aromatic heterocycles. The molecule has 0 radical (unpaired) electrons. The van der Waals surface area contributed by atoms with Crippen molar-refractivity contribution in [3.05, 3.63) is 0 Å². The second-order valence-corrected chi connectivity index (χ2v) is 3.06. The molecule has 1 fully saturated rings. The van der Waals surface area contributed by atoms with Crippen LogP contribution in [0.2, 0.25) is 0 Å². The van der Waals surface area contributed by atoms with Gasteiger partial charge in [0.25, 0.3) is 5.91 Å². The van der Waals surface area contributed by atoms with E-state index in [2.05, 4.69) is 0 Å². The van der Waals surface area contributed by atoms with Crippen LogP contribution in [0, 0.1) is 0 Å². The standard InChI is InChI=1S/C8H13F2NO2/c1-13-6-2-4-11(5-3-6)8(12)7(9)10/h6-7H,2-5H2,1H3. The van der Waals surface area contributed by atoms with Gasteiger partial charge in [-0.2, -0.15) is 8.78 Å². The van der Waals surface area contributed by atoms with Gasteiger partial charge in [-0.3, -0.25) is 4.79 Å². The van der Waals surface area contributed by atoms with Crippen molar-refractivity contribution in [1.82, 2.24) is 4.90 Å². The van der Waals surface area contributed by atoms with Crippen molar-refractivity contribution in [2.24, 2.45) is 0 Å². The second kappa shape index (κ2) is 4.50. The van der Waals surface area contributed by atoms with E-state index in [1.165, 1.54) is 4.90 Å². The zero-order chi connectivity index (χ0) is 9.84. The first-order valence-electron chi connectivity index (χ1n) is 4.25. The van der Waals surface area contributed by atoms with Gasteiger partial charge in [-0.25, -0.2) is 0 Å². The Kier molecular flexibility index (Phi) is 3.59. The maximum atomic E-state index is 12.0. The number of ether oxygens (including phenoxy) is 1. The minimum absolute atomic E-state index is 0.113. The molecule has 1 amide bonds. The quantitative estimate of drug-likeness (QED) is 0.651. The molecule has 0 bridgehead atoms. The summed E-state index contributed by atoms with van der Waals surface area (Å²) in [6, 6.07) is 0. The van der Waals surface area contributed by atoms with Gasteiger partial charge < -0.3 is 9.64 Å². The molecule has 1 saturated heterocycles. The Labute approximate surface area is 75.7 Å². The number of halogens is 2. The zero-order valence-corrected chi connectivity index (χ0v) is 7.50. The number of methoxy groups -OCH3 is 1. The van der Waals surface area contributed by atoms with Crippen LogP contribution in [-0.2, 0) is 9.53 Å². The molecule has 0 aliphatic carbocycles. The molecule has 5 heteroatoms. The van der Waals surface area contributed by atoms with Crippen LogP contribution in [0.5, 0.6) is 0 Å². The van der Waals surface area contributed by atoms with Crippen LogP contribution in [0.4, 0.5) is 8.78 Å². The molecule has 1 heterocycles. The van der Waals surface area contributed by atoms with E-state index in [4.69, 9.17) is 4.74 Å². The van der Waals surface area contributed by atoms with Crippen molar-refractivity contribution < 1.29 is 18.3 Å². The highest BCUT2D eigenvalue weighted by molar-refractivity contribution is 5.79. The minimum atomic E-state index is -2.88. The molecular formula is C8H13F2NO2. The highest BCUT2D eigenvalue weighted by atomic mass is 19.3. The first-order chi connectivity index (χ1) is 6.15. The van der Waals surface area contributed by atoms with Gasteiger partial charge in [0.15, 0.2) is 0 Å². The van der Waals surface area contributed by atoms with Crippen LogP contribution in [-0.4, -0.2) is 43.5 Å². The van der Waals surface area contributed by atoms with Crippen LogP contribution in [0.15, 0.2) is 0 Å². The van der Waals surface area contributed by atoms with Crippen LogP contribution in [0.25, 0.3) is 0 Å². The third-order valence-electron chi connectivity index (χ3n) is 2.27. The lowest BCUT2D eigenvalue weighted by Gasteiger charge is -2.30. The van der Waals surface area contributed by atoms with E-state index in [0.717, 1.165) is 0 Å². The molecule has 0 aromatic rings. The number of rotatable bonds is 2. The van der Waals surface area contributed by atoms with Crippen molar-refractivity contribution >= 4 is 5.91 Å². The maximum absolute atomic E-state index is 12.0. The summed E-state index contributed by atoms with van der Waals surface area (Å²) in [4.78, 5) is 12.0. The number of piperidine rings is 1. The fraction of sp³-hybridized carbons (Fsp3) is 0.875. The molecule has 0 spiro atoms. The highest BCUT2D eigenvalue weighted by Crippen LogP contribution is 2.14. The van der Waals surface area contributed by atoms with E-state index in [9.17, 15) is 13.6 Å². The first-order valence-corrected chi connectivity index (χ1v) is 4.25. The molecule has 3 nitrogen and oxygen atoms in total. The van der Waals surface area contributed by atoms with Gasteiger partial charge in [0.05, 0.1) is 6.10 Å². The Morgan fingerprint density at radius 1 is 1.46 bits per heavy atom. The molecule has 0 unspecified atom stereocenters. The van der Waals surface area contributed by atoms with Crippen molar-refractivity contribution in [1.29, 1.82) is 0 Å². The van der Waals surface area contributed by atoms with E-state index in [-0.39, 0.29) is 6.10 Å². The Bertz CT molecular complexity index is 179. The maximum Gasteiger partial charge on any atom is 0.315 e. The lowest BCUT2D eigenvalue weighted by molar-refractivity contribution is -0.145. The lowest BCUT2D eigenvalue weighted by atomic mass is 10.1. The number of amides is 1. The number of hydrogen-bond donors (Lipinski definition) is 0. The fourth-order valence-corrected chi connectivity index (χ4v) is 1.45.